The number of pyridine rings is 1. The molecule has 0 aliphatic carbocycles. The summed E-state index contributed by atoms with van der Waals surface area (Å²) >= 11 is 0. The zero-order chi connectivity index (χ0) is 31.3. The molecule has 3 N–H and O–H groups in total. The summed E-state index contributed by atoms with van der Waals surface area (Å²) in [5.41, 5.74) is 10.0. The Morgan fingerprint density at radius 1 is 0.711 bits per heavy atom. The maximum atomic E-state index is 11.2. The Kier molecular flexibility index (Phi) is 8.95. The van der Waals surface area contributed by atoms with Crippen LogP contribution >= 0.6 is 0 Å². The highest BCUT2D eigenvalue weighted by Crippen LogP contribution is 2.32. The standard InChI is InChI=1S/C20H21N5O2.C15H19N3/c1-23-10-12-24(13-11-23)18-5-2-4-15-7-8-16(14-17(15)18)22-20-19(25(26)27)6-3-9-21-20;1-17-7-9-18(10-8-17)15-4-2-3-12-5-6-13(16)11-14(12)15/h2-9,14H,10-13H2,1H3,(H,21,22);2-6,11H,7-10,16H2,1H3. The highest BCUT2D eigenvalue weighted by atomic mass is 16.6. The van der Waals surface area contributed by atoms with Crippen LogP contribution in [0, 0.1) is 10.1 Å². The summed E-state index contributed by atoms with van der Waals surface area (Å²) in [6.45, 7) is 8.47. The van der Waals surface area contributed by atoms with Gasteiger partial charge >= 0.3 is 5.69 Å². The van der Waals surface area contributed by atoms with Crippen LogP contribution in [0.1, 0.15) is 0 Å². The van der Waals surface area contributed by atoms with Crippen LogP contribution in [0.25, 0.3) is 21.5 Å². The van der Waals surface area contributed by atoms with Crippen LogP contribution in [0.4, 0.5) is 34.3 Å². The fourth-order valence-corrected chi connectivity index (χ4v) is 6.03. The number of aromatic nitrogens is 1. The smallest absolute Gasteiger partial charge is 0.311 e. The molecule has 0 radical (unpaired) electrons. The lowest BCUT2D eigenvalue weighted by molar-refractivity contribution is -0.384. The molecule has 0 unspecified atom stereocenters. The second kappa shape index (κ2) is 13.4. The Morgan fingerprint density at radius 2 is 1.27 bits per heavy atom. The van der Waals surface area contributed by atoms with E-state index in [1.165, 1.54) is 28.2 Å². The average molecular weight is 605 g/mol. The van der Waals surface area contributed by atoms with Gasteiger partial charge in [0, 0.05) is 98.1 Å². The molecule has 0 amide bonds. The molecule has 10 heteroatoms. The van der Waals surface area contributed by atoms with Crippen molar-refractivity contribution in [1.29, 1.82) is 0 Å². The van der Waals surface area contributed by atoms with E-state index < -0.39 is 4.92 Å². The summed E-state index contributed by atoms with van der Waals surface area (Å²) < 4.78 is 0. The van der Waals surface area contributed by atoms with E-state index in [9.17, 15) is 10.1 Å². The van der Waals surface area contributed by atoms with Crippen LogP contribution in [0.2, 0.25) is 0 Å². The fraction of sp³-hybridized carbons (Fsp3) is 0.286. The quantitative estimate of drug-likeness (QED) is 0.146. The minimum atomic E-state index is -0.425. The number of nitro groups is 1. The molecular formula is C35H40N8O2. The van der Waals surface area contributed by atoms with Gasteiger partial charge in [-0.15, -0.1) is 0 Å². The number of nitrogens with one attached hydrogen (secondary N) is 1. The molecule has 0 bridgehead atoms. The van der Waals surface area contributed by atoms with Crippen molar-refractivity contribution in [3.63, 3.8) is 0 Å². The van der Waals surface area contributed by atoms with Gasteiger partial charge in [-0.1, -0.05) is 36.4 Å². The number of piperazine rings is 2. The van der Waals surface area contributed by atoms with Gasteiger partial charge in [-0.25, -0.2) is 4.98 Å². The number of hydrogen-bond donors (Lipinski definition) is 2. The predicted octanol–water partition coefficient (Wildman–Crippen LogP) is 5.81. The van der Waals surface area contributed by atoms with E-state index in [1.54, 1.807) is 12.3 Å². The first kappa shape index (κ1) is 30.1. The number of anilines is 5. The highest BCUT2D eigenvalue weighted by Gasteiger charge is 2.18. The molecule has 0 atom stereocenters. The summed E-state index contributed by atoms with van der Waals surface area (Å²) in [5.74, 6) is 0.249. The monoisotopic (exact) mass is 604 g/mol. The van der Waals surface area contributed by atoms with Crippen LogP contribution in [-0.4, -0.2) is 86.2 Å². The van der Waals surface area contributed by atoms with Gasteiger partial charge < -0.3 is 30.7 Å². The third-order valence-corrected chi connectivity index (χ3v) is 8.68. The number of hydrogen-bond acceptors (Lipinski definition) is 9. The molecule has 3 heterocycles. The number of rotatable bonds is 5. The Balaban J connectivity index is 0.000000172. The zero-order valence-electron chi connectivity index (χ0n) is 25.9. The molecule has 7 rings (SSSR count). The summed E-state index contributed by atoms with van der Waals surface area (Å²) in [6, 6.07) is 28.0. The second-order valence-corrected chi connectivity index (χ2v) is 11.8. The average Bonchev–Trinajstić information content (AvgIpc) is 3.05. The van der Waals surface area contributed by atoms with Crippen LogP contribution in [0.5, 0.6) is 0 Å². The maximum Gasteiger partial charge on any atom is 0.311 e. The van der Waals surface area contributed by atoms with Crippen molar-refractivity contribution in [2.24, 2.45) is 0 Å². The van der Waals surface area contributed by atoms with Crippen LogP contribution in [0.3, 0.4) is 0 Å². The molecule has 2 aliphatic rings. The third kappa shape index (κ3) is 6.92. The lowest BCUT2D eigenvalue weighted by atomic mass is 10.1. The fourth-order valence-electron chi connectivity index (χ4n) is 6.03. The van der Waals surface area contributed by atoms with Gasteiger partial charge in [-0.05, 0) is 67.3 Å². The van der Waals surface area contributed by atoms with E-state index >= 15 is 0 Å². The van der Waals surface area contributed by atoms with E-state index in [0.717, 1.165) is 74.5 Å². The first-order valence-electron chi connectivity index (χ1n) is 15.4. The number of nitrogen functional groups attached to an aromatic ring is 1. The highest BCUT2D eigenvalue weighted by molar-refractivity contribution is 5.97. The molecule has 2 saturated heterocycles. The van der Waals surface area contributed by atoms with Crippen LogP contribution < -0.4 is 20.9 Å². The van der Waals surface area contributed by atoms with Crippen molar-refractivity contribution in [3.8, 4) is 0 Å². The lowest BCUT2D eigenvalue weighted by Crippen LogP contribution is -2.44. The summed E-state index contributed by atoms with van der Waals surface area (Å²) in [4.78, 5) is 24.5. The SMILES string of the molecule is CN1CCN(c2cccc3ccc(N)cc23)CC1.CN1CCN(c2cccc3ccc(Nc4ncccc4[N+](=O)[O-])cc23)CC1. The molecule has 232 valence electrons. The van der Waals surface area contributed by atoms with Crippen molar-refractivity contribution < 1.29 is 4.92 Å². The minimum absolute atomic E-state index is 0.0371. The van der Waals surface area contributed by atoms with Gasteiger partial charge in [0.15, 0.2) is 0 Å². The van der Waals surface area contributed by atoms with Crippen molar-refractivity contribution in [2.45, 2.75) is 0 Å². The molecule has 0 spiro atoms. The Labute approximate surface area is 263 Å². The molecule has 4 aromatic carbocycles. The Hall–Kier alpha value is -4.93. The minimum Gasteiger partial charge on any atom is -0.399 e. The number of benzene rings is 4. The molecule has 2 aliphatic heterocycles. The number of nitrogens with two attached hydrogens (primary N) is 1. The van der Waals surface area contributed by atoms with E-state index in [1.807, 2.05) is 24.3 Å². The molecule has 0 saturated carbocycles. The Morgan fingerprint density at radius 3 is 1.84 bits per heavy atom. The largest absolute Gasteiger partial charge is 0.399 e. The van der Waals surface area contributed by atoms with Crippen molar-refractivity contribution >= 4 is 55.8 Å². The molecule has 10 nitrogen and oxygen atoms in total. The van der Waals surface area contributed by atoms with Gasteiger partial charge in [0.05, 0.1) is 4.92 Å². The molecule has 1 aromatic heterocycles. The first-order chi connectivity index (χ1) is 21.9. The van der Waals surface area contributed by atoms with Gasteiger partial charge in [0.1, 0.15) is 0 Å². The van der Waals surface area contributed by atoms with Crippen molar-refractivity contribution in [3.05, 3.63) is 101 Å². The molecule has 2 fully saturated rings. The third-order valence-electron chi connectivity index (χ3n) is 8.68. The van der Waals surface area contributed by atoms with E-state index in [2.05, 4.69) is 92.5 Å². The number of nitrogens with zero attached hydrogens (tertiary/aromatic N) is 6. The summed E-state index contributed by atoms with van der Waals surface area (Å²) in [5, 5.41) is 19.1. The van der Waals surface area contributed by atoms with Crippen molar-refractivity contribution in [1.82, 2.24) is 14.8 Å². The topological polar surface area (TPSA) is 107 Å². The van der Waals surface area contributed by atoms with Crippen molar-refractivity contribution in [2.75, 3.05) is 87.3 Å². The molecule has 5 aromatic rings. The first-order valence-corrected chi connectivity index (χ1v) is 15.4. The van der Waals surface area contributed by atoms with Crippen LogP contribution in [-0.2, 0) is 0 Å². The lowest BCUT2D eigenvalue weighted by Gasteiger charge is -2.34. The number of likely N-dealkylation sites (N-methyl/N-ethyl adjacent to an activating group) is 2. The molecule has 45 heavy (non-hydrogen) atoms. The van der Waals surface area contributed by atoms with Gasteiger partial charge in [-0.2, -0.15) is 0 Å². The summed E-state index contributed by atoms with van der Waals surface area (Å²) in [7, 11) is 4.32. The predicted molar refractivity (Wildman–Crippen MR) is 186 cm³/mol. The van der Waals surface area contributed by atoms with Crippen LogP contribution in [0.15, 0.2) is 91.1 Å². The second-order valence-electron chi connectivity index (χ2n) is 11.8. The van der Waals surface area contributed by atoms with E-state index in [-0.39, 0.29) is 11.5 Å². The maximum absolute atomic E-state index is 11.2. The summed E-state index contributed by atoms with van der Waals surface area (Å²) in [6.07, 6.45) is 1.55. The molecular weight excluding hydrogens is 564 g/mol. The van der Waals surface area contributed by atoms with Gasteiger partial charge in [0.2, 0.25) is 5.82 Å². The Bertz CT molecular complexity index is 1800. The van der Waals surface area contributed by atoms with Gasteiger partial charge in [0.25, 0.3) is 0 Å². The van der Waals surface area contributed by atoms with Gasteiger partial charge in [-0.3, -0.25) is 10.1 Å². The van der Waals surface area contributed by atoms with E-state index in [4.69, 9.17) is 5.73 Å². The van der Waals surface area contributed by atoms with E-state index in [0.29, 0.717) is 0 Å². The normalized spacial score (nSPS) is 16.0. The zero-order valence-corrected chi connectivity index (χ0v) is 25.9. The number of fused-ring (bicyclic) bond motifs is 2.